The summed E-state index contributed by atoms with van der Waals surface area (Å²) in [5.41, 5.74) is 1.37. The van der Waals surface area contributed by atoms with Crippen LogP contribution in [0.5, 0.6) is 0 Å². The van der Waals surface area contributed by atoms with E-state index < -0.39 is 0 Å². The molecule has 5 heteroatoms. The number of hydrogen-bond donors (Lipinski definition) is 0. The number of aromatic nitrogens is 3. The molecule has 18 heavy (non-hydrogen) atoms. The maximum atomic E-state index is 11.1. The molecule has 0 amide bonds. The fourth-order valence-electron chi connectivity index (χ4n) is 2.79. The number of carbonyl (C=O) groups is 1. The molecule has 2 aromatic rings. The van der Waals surface area contributed by atoms with Gasteiger partial charge in [-0.3, -0.25) is 14.1 Å². The summed E-state index contributed by atoms with van der Waals surface area (Å²) in [4.78, 5) is 13.5. The number of rotatable bonds is 3. The van der Waals surface area contributed by atoms with Gasteiger partial charge in [0, 0.05) is 0 Å². The van der Waals surface area contributed by atoms with Gasteiger partial charge in [0.2, 0.25) is 0 Å². The van der Waals surface area contributed by atoms with Crippen LogP contribution in [-0.4, -0.2) is 38.9 Å². The zero-order valence-corrected chi connectivity index (χ0v) is 10.4. The van der Waals surface area contributed by atoms with Gasteiger partial charge in [0.05, 0.1) is 11.7 Å². The Morgan fingerprint density at radius 3 is 3.11 bits per heavy atom. The van der Waals surface area contributed by atoms with E-state index in [2.05, 4.69) is 22.0 Å². The van der Waals surface area contributed by atoms with Crippen LogP contribution in [-0.2, 0) is 0 Å². The van der Waals surface area contributed by atoms with Gasteiger partial charge in [0.15, 0.2) is 17.8 Å². The average Bonchev–Trinajstić information content (AvgIpc) is 3.03. The lowest BCUT2D eigenvalue weighted by molar-refractivity contribution is 0.111. The summed E-state index contributed by atoms with van der Waals surface area (Å²) >= 11 is 0. The van der Waals surface area contributed by atoms with Crippen LogP contribution in [0.2, 0.25) is 0 Å². The molecule has 1 aliphatic heterocycles. The van der Waals surface area contributed by atoms with Crippen LogP contribution in [0.3, 0.4) is 0 Å². The number of pyridine rings is 1. The van der Waals surface area contributed by atoms with Crippen molar-refractivity contribution in [2.24, 2.45) is 0 Å². The SMILES string of the molecule is CCN1CCCC1c1nnc2cccc(C=O)n12. The molecule has 2 aromatic heterocycles. The summed E-state index contributed by atoms with van der Waals surface area (Å²) in [6, 6.07) is 5.81. The minimum atomic E-state index is 0.283. The average molecular weight is 244 g/mol. The van der Waals surface area contributed by atoms with Crippen LogP contribution in [0.1, 0.15) is 42.1 Å². The van der Waals surface area contributed by atoms with E-state index in [1.165, 1.54) is 6.42 Å². The van der Waals surface area contributed by atoms with Crippen molar-refractivity contribution in [2.75, 3.05) is 13.1 Å². The summed E-state index contributed by atoms with van der Waals surface area (Å²) in [6.07, 6.45) is 3.13. The van der Waals surface area contributed by atoms with Crippen LogP contribution < -0.4 is 0 Å². The van der Waals surface area contributed by atoms with Gasteiger partial charge in [-0.15, -0.1) is 10.2 Å². The predicted octanol–water partition coefficient (Wildman–Crippen LogP) is 1.70. The second-order valence-electron chi connectivity index (χ2n) is 4.61. The molecule has 1 saturated heterocycles. The third-order valence-electron chi connectivity index (χ3n) is 3.67. The van der Waals surface area contributed by atoms with Gasteiger partial charge >= 0.3 is 0 Å². The minimum Gasteiger partial charge on any atom is -0.296 e. The topological polar surface area (TPSA) is 50.5 Å². The number of nitrogens with zero attached hydrogens (tertiary/aromatic N) is 4. The van der Waals surface area contributed by atoms with Crippen LogP contribution in [0.15, 0.2) is 18.2 Å². The maximum Gasteiger partial charge on any atom is 0.166 e. The summed E-state index contributed by atoms with van der Waals surface area (Å²) in [7, 11) is 0. The first-order chi connectivity index (χ1) is 8.85. The normalized spacial score (nSPS) is 20.6. The van der Waals surface area contributed by atoms with E-state index >= 15 is 0 Å². The molecule has 0 radical (unpaired) electrons. The van der Waals surface area contributed by atoms with Crippen molar-refractivity contribution >= 4 is 11.9 Å². The smallest absolute Gasteiger partial charge is 0.166 e. The Morgan fingerprint density at radius 1 is 1.44 bits per heavy atom. The molecule has 0 saturated carbocycles. The molecule has 1 unspecified atom stereocenters. The second-order valence-corrected chi connectivity index (χ2v) is 4.61. The number of hydrogen-bond acceptors (Lipinski definition) is 4. The van der Waals surface area contributed by atoms with Crippen molar-refractivity contribution in [1.29, 1.82) is 0 Å². The highest BCUT2D eigenvalue weighted by atomic mass is 16.1. The van der Waals surface area contributed by atoms with Gasteiger partial charge in [0.1, 0.15) is 0 Å². The number of carbonyl (C=O) groups excluding carboxylic acids is 1. The first-order valence-electron chi connectivity index (χ1n) is 6.38. The lowest BCUT2D eigenvalue weighted by Gasteiger charge is -2.21. The van der Waals surface area contributed by atoms with E-state index in [4.69, 9.17) is 0 Å². The molecule has 94 valence electrons. The van der Waals surface area contributed by atoms with Crippen molar-refractivity contribution in [2.45, 2.75) is 25.8 Å². The number of fused-ring (bicyclic) bond motifs is 1. The molecule has 0 bridgehead atoms. The van der Waals surface area contributed by atoms with E-state index in [0.717, 1.165) is 37.3 Å². The lowest BCUT2D eigenvalue weighted by Crippen LogP contribution is -2.24. The summed E-state index contributed by atoms with van der Waals surface area (Å²) in [5.74, 6) is 0.895. The molecule has 0 spiro atoms. The largest absolute Gasteiger partial charge is 0.296 e. The molecule has 3 rings (SSSR count). The fraction of sp³-hybridized carbons (Fsp3) is 0.462. The van der Waals surface area contributed by atoms with Gasteiger partial charge in [-0.05, 0) is 38.1 Å². The van der Waals surface area contributed by atoms with Gasteiger partial charge in [0.25, 0.3) is 0 Å². The van der Waals surface area contributed by atoms with Crippen molar-refractivity contribution in [3.8, 4) is 0 Å². The molecule has 0 N–H and O–H groups in total. The van der Waals surface area contributed by atoms with Gasteiger partial charge < -0.3 is 0 Å². The van der Waals surface area contributed by atoms with Gasteiger partial charge in [-0.25, -0.2) is 0 Å². The Hall–Kier alpha value is -1.75. The summed E-state index contributed by atoms with van der Waals surface area (Å²) in [5, 5.41) is 8.46. The molecule has 1 aliphatic rings. The standard InChI is InChI=1S/C13H16N4O/c1-2-16-8-4-6-11(16)13-15-14-12-7-3-5-10(9-18)17(12)13/h3,5,7,9,11H,2,4,6,8H2,1H3. The zero-order chi connectivity index (χ0) is 12.5. The van der Waals surface area contributed by atoms with Gasteiger partial charge in [-0.1, -0.05) is 13.0 Å². The van der Waals surface area contributed by atoms with Crippen LogP contribution in [0, 0.1) is 0 Å². The van der Waals surface area contributed by atoms with Gasteiger partial charge in [-0.2, -0.15) is 0 Å². The third-order valence-corrected chi connectivity index (χ3v) is 3.67. The van der Waals surface area contributed by atoms with E-state index in [1.807, 2.05) is 16.5 Å². The van der Waals surface area contributed by atoms with E-state index in [9.17, 15) is 4.79 Å². The van der Waals surface area contributed by atoms with Crippen molar-refractivity contribution in [3.05, 3.63) is 29.7 Å². The molecular formula is C13H16N4O. The second kappa shape index (κ2) is 4.49. The molecule has 1 atom stereocenters. The van der Waals surface area contributed by atoms with Crippen molar-refractivity contribution < 1.29 is 4.79 Å². The minimum absolute atomic E-state index is 0.283. The molecule has 5 nitrogen and oxygen atoms in total. The summed E-state index contributed by atoms with van der Waals surface area (Å²) < 4.78 is 1.88. The highest BCUT2D eigenvalue weighted by Crippen LogP contribution is 2.30. The Labute approximate surface area is 105 Å². The first-order valence-corrected chi connectivity index (χ1v) is 6.38. The number of aldehydes is 1. The molecule has 0 aliphatic carbocycles. The fourth-order valence-corrected chi connectivity index (χ4v) is 2.79. The van der Waals surface area contributed by atoms with E-state index in [0.29, 0.717) is 5.69 Å². The highest BCUT2D eigenvalue weighted by Gasteiger charge is 2.29. The number of likely N-dealkylation sites (tertiary alicyclic amines) is 1. The van der Waals surface area contributed by atoms with Crippen molar-refractivity contribution in [1.82, 2.24) is 19.5 Å². The monoisotopic (exact) mass is 244 g/mol. The van der Waals surface area contributed by atoms with Crippen LogP contribution in [0.25, 0.3) is 5.65 Å². The van der Waals surface area contributed by atoms with Crippen molar-refractivity contribution in [3.63, 3.8) is 0 Å². The summed E-state index contributed by atoms with van der Waals surface area (Å²) in [6.45, 7) is 4.25. The first kappa shape index (κ1) is 11.3. The highest BCUT2D eigenvalue weighted by molar-refractivity contribution is 5.74. The molecular weight excluding hydrogens is 228 g/mol. The quantitative estimate of drug-likeness (QED) is 0.771. The molecule has 0 aromatic carbocycles. The van der Waals surface area contributed by atoms with E-state index in [-0.39, 0.29) is 6.04 Å². The Kier molecular flexibility index (Phi) is 2.83. The Morgan fingerprint density at radius 2 is 2.33 bits per heavy atom. The third kappa shape index (κ3) is 1.62. The maximum absolute atomic E-state index is 11.1. The lowest BCUT2D eigenvalue weighted by atomic mass is 10.2. The zero-order valence-electron chi connectivity index (χ0n) is 10.4. The van der Waals surface area contributed by atoms with Crippen LogP contribution in [0.4, 0.5) is 0 Å². The van der Waals surface area contributed by atoms with Crippen LogP contribution >= 0.6 is 0 Å². The van der Waals surface area contributed by atoms with E-state index in [1.54, 1.807) is 6.07 Å². The Bertz CT molecular complexity index is 577. The predicted molar refractivity (Wildman–Crippen MR) is 67.6 cm³/mol. The Balaban J connectivity index is 2.14. The molecule has 1 fully saturated rings. The molecule has 3 heterocycles.